The number of hydrogen-bond acceptors (Lipinski definition) is 2. The summed E-state index contributed by atoms with van der Waals surface area (Å²) in [6.45, 7) is 9.42. The average Bonchev–Trinajstić information content (AvgIpc) is 2.33. The van der Waals surface area contributed by atoms with Crippen LogP contribution in [0.25, 0.3) is 0 Å². The van der Waals surface area contributed by atoms with Gasteiger partial charge >= 0.3 is 0 Å². The molecule has 0 saturated carbocycles. The molecule has 1 rings (SSSR count). The molecule has 0 aliphatic carbocycles. The van der Waals surface area contributed by atoms with Gasteiger partial charge in [-0.05, 0) is 25.3 Å². The summed E-state index contributed by atoms with van der Waals surface area (Å²) in [5.74, 6) is 0.548. The van der Waals surface area contributed by atoms with Crippen LogP contribution in [0.1, 0.15) is 37.9 Å². The van der Waals surface area contributed by atoms with Crippen molar-refractivity contribution in [3.05, 3.63) is 35.4 Å². The fourth-order valence-electron chi connectivity index (χ4n) is 1.68. The van der Waals surface area contributed by atoms with Crippen LogP contribution in [0.15, 0.2) is 24.3 Å². The molecule has 3 heteroatoms. The van der Waals surface area contributed by atoms with E-state index in [2.05, 4.69) is 56.5 Å². The van der Waals surface area contributed by atoms with Crippen LogP contribution in [0.2, 0.25) is 0 Å². The van der Waals surface area contributed by atoms with Crippen molar-refractivity contribution in [2.75, 3.05) is 13.1 Å². The minimum Gasteiger partial charge on any atom is -0.355 e. The van der Waals surface area contributed by atoms with Crippen LogP contribution in [-0.4, -0.2) is 19.0 Å². The van der Waals surface area contributed by atoms with Gasteiger partial charge in [0.25, 0.3) is 0 Å². The van der Waals surface area contributed by atoms with Gasteiger partial charge in [0.15, 0.2) is 0 Å². The Morgan fingerprint density at radius 3 is 2.61 bits per heavy atom. The molecule has 0 saturated heterocycles. The summed E-state index contributed by atoms with van der Waals surface area (Å²) in [5, 5.41) is 6.14. The van der Waals surface area contributed by atoms with Crippen LogP contribution in [0.4, 0.5) is 0 Å². The lowest BCUT2D eigenvalue weighted by atomic mass is 10.1. The highest BCUT2D eigenvalue weighted by atomic mass is 16.1. The maximum absolute atomic E-state index is 11.6. The zero-order valence-electron chi connectivity index (χ0n) is 11.8. The molecule has 18 heavy (non-hydrogen) atoms. The summed E-state index contributed by atoms with van der Waals surface area (Å²) >= 11 is 0. The molecular formula is C15H24N2O. The van der Waals surface area contributed by atoms with Gasteiger partial charge < -0.3 is 10.6 Å². The molecule has 2 N–H and O–H groups in total. The Kier molecular flexibility index (Phi) is 5.86. The molecule has 0 spiro atoms. The summed E-state index contributed by atoms with van der Waals surface area (Å²) < 4.78 is 0. The van der Waals surface area contributed by atoms with Gasteiger partial charge in [0.2, 0.25) is 5.91 Å². The minimum absolute atomic E-state index is 0.0585. The Hall–Kier alpha value is -1.35. The van der Waals surface area contributed by atoms with Crippen molar-refractivity contribution < 1.29 is 4.79 Å². The summed E-state index contributed by atoms with van der Waals surface area (Å²) in [6.07, 6.45) is 0. The zero-order chi connectivity index (χ0) is 13.5. The Morgan fingerprint density at radius 2 is 2.00 bits per heavy atom. The smallest absolute Gasteiger partial charge is 0.233 e. The Balaban J connectivity index is 2.37. The number of amides is 1. The first-order valence-electron chi connectivity index (χ1n) is 6.55. The van der Waals surface area contributed by atoms with Gasteiger partial charge in [-0.1, -0.05) is 43.7 Å². The largest absolute Gasteiger partial charge is 0.355 e. The number of carbonyl (C=O) groups excluding carboxylic acids is 1. The quantitative estimate of drug-likeness (QED) is 0.811. The molecule has 0 aromatic heterocycles. The van der Waals surface area contributed by atoms with Crippen LogP contribution in [-0.2, 0) is 4.79 Å². The highest BCUT2D eigenvalue weighted by Gasteiger charge is 2.07. The Bertz CT molecular complexity index is 388. The number of benzene rings is 1. The third-order valence-corrected chi connectivity index (χ3v) is 2.82. The predicted molar refractivity (Wildman–Crippen MR) is 75.4 cm³/mol. The van der Waals surface area contributed by atoms with Crippen LogP contribution in [0.3, 0.4) is 0 Å². The molecule has 0 fully saturated rings. The van der Waals surface area contributed by atoms with Gasteiger partial charge in [0.1, 0.15) is 0 Å². The lowest BCUT2D eigenvalue weighted by Crippen LogP contribution is -2.36. The first-order chi connectivity index (χ1) is 8.49. The van der Waals surface area contributed by atoms with Gasteiger partial charge in [-0.3, -0.25) is 4.79 Å². The summed E-state index contributed by atoms with van der Waals surface area (Å²) in [6, 6.07) is 8.53. The highest BCUT2D eigenvalue weighted by molar-refractivity contribution is 5.78. The van der Waals surface area contributed by atoms with Crippen molar-refractivity contribution in [3.8, 4) is 0 Å². The molecule has 0 bridgehead atoms. The molecule has 0 heterocycles. The SMILES string of the molecule is Cc1cccc(C(C)NCC(=O)NCC(C)C)c1. The lowest BCUT2D eigenvalue weighted by molar-refractivity contribution is -0.120. The van der Waals surface area contributed by atoms with Gasteiger partial charge in [-0.25, -0.2) is 0 Å². The van der Waals surface area contributed by atoms with E-state index < -0.39 is 0 Å². The van der Waals surface area contributed by atoms with E-state index in [9.17, 15) is 4.79 Å². The van der Waals surface area contributed by atoms with Crippen LogP contribution in [0, 0.1) is 12.8 Å². The van der Waals surface area contributed by atoms with Gasteiger partial charge in [0, 0.05) is 12.6 Å². The third kappa shape index (κ3) is 5.32. The first-order valence-corrected chi connectivity index (χ1v) is 6.55. The number of aryl methyl sites for hydroxylation is 1. The van der Waals surface area contributed by atoms with Crippen LogP contribution in [0.5, 0.6) is 0 Å². The fraction of sp³-hybridized carbons (Fsp3) is 0.533. The van der Waals surface area contributed by atoms with Crippen molar-refractivity contribution in [1.82, 2.24) is 10.6 Å². The lowest BCUT2D eigenvalue weighted by Gasteiger charge is -2.15. The number of carbonyl (C=O) groups is 1. The first kappa shape index (κ1) is 14.7. The molecule has 1 aromatic carbocycles. The number of nitrogens with one attached hydrogen (secondary N) is 2. The van der Waals surface area contributed by atoms with Crippen molar-refractivity contribution >= 4 is 5.91 Å². The highest BCUT2D eigenvalue weighted by Crippen LogP contribution is 2.13. The van der Waals surface area contributed by atoms with Gasteiger partial charge in [0.05, 0.1) is 6.54 Å². The van der Waals surface area contributed by atoms with E-state index in [1.807, 2.05) is 6.07 Å². The Morgan fingerprint density at radius 1 is 1.28 bits per heavy atom. The van der Waals surface area contributed by atoms with E-state index in [-0.39, 0.29) is 11.9 Å². The Labute approximate surface area is 110 Å². The van der Waals surface area contributed by atoms with E-state index in [0.29, 0.717) is 12.5 Å². The van der Waals surface area contributed by atoms with Crippen molar-refractivity contribution in [2.45, 2.75) is 33.7 Å². The zero-order valence-corrected chi connectivity index (χ0v) is 11.8. The molecule has 0 aliphatic heterocycles. The van der Waals surface area contributed by atoms with E-state index >= 15 is 0 Å². The third-order valence-electron chi connectivity index (χ3n) is 2.82. The molecule has 1 unspecified atom stereocenters. The molecule has 1 aromatic rings. The molecule has 1 atom stereocenters. The maximum atomic E-state index is 11.6. The fourth-order valence-corrected chi connectivity index (χ4v) is 1.68. The topological polar surface area (TPSA) is 41.1 Å². The van der Waals surface area contributed by atoms with E-state index in [0.717, 1.165) is 6.54 Å². The van der Waals surface area contributed by atoms with Gasteiger partial charge in [-0.15, -0.1) is 0 Å². The number of hydrogen-bond donors (Lipinski definition) is 2. The molecule has 3 nitrogen and oxygen atoms in total. The second-order valence-electron chi connectivity index (χ2n) is 5.21. The van der Waals surface area contributed by atoms with E-state index in [4.69, 9.17) is 0 Å². The van der Waals surface area contributed by atoms with Crippen molar-refractivity contribution in [3.63, 3.8) is 0 Å². The molecule has 1 amide bonds. The molecule has 0 aliphatic rings. The summed E-state index contributed by atoms with van der Waals surface area (Å²) in [7, 11) is 0. The normalized spacial score (nSPS) is 12.5. The predicted octanol–water partition coefficient (Wildman–Crippen LogP) is 2.42. The second kappa shape index (κ2) is 7.17. The van der Waals surface area contributed by atoms with E-state index in [1.54, 1.807) is 0 Å². The van der Waals surface area contributed by atoms with Gasteiger partial charge in [-0.2, -0.15) is 0 Å². The monoisotopic (exact) mass is 248 g/mol. The second-order valence-corrected chi connectivity index (χ2v) is 5.21. The number of rotatable bonds is 6. The van der Waals surface area contributed by atoms with Crippen molar-refractivity contribution in [1.29, 1.82) is 0 Å². The van der Waals surface area contributed by atoms with Crippen LogP contribution < -0.4 is 10.6 Å². The standard InChI is InChI=1S/C15H24N2O/c1-11(2)9-17-15(18)10-16-13(4)14-7-5-6-12(3)8-14/h5-8,11,13,16H,9-10H2,1-4H3,(H,17,18). The maximum Gasteiger partial charge on any atom is 0.233 e. The molecule has 0 radical (unpaired) electrons. The van der Waals surface area contributed by atoms with E-state index in [1.165, 1.54) is 11.1 Å². The van der Waals surface area contributed by atoms with Crippen LogP contribution >= 0.6 is 0 Å². The molecular weight excluding hydrogens is 224 g/mol. The average molecular weight is 248 g/mol. The minimum atomic E-state index is 0.0585. The summed E-state index contributed by atoms with van der Waals surface area (Å²) in [5.41, 5.74) is 2.46. The summed E-state index contributed by atoms with van der Waals surface area (Å²) in [4.78, 5) is 11.6. The van der Waals surface area contributed by atoms with Crippen molar-refractivity contribution in [2.24, 2.45) is 5.92 Å². The molecule has 100 valence electrons.